The fourth-order valence-corrected chi connectivity index (χ4v) is 2.93. The van der Waals surface area contributed by atoms with Gasteiger partial charge in [-0.25, -0.2) is 0 Å². The SMILES string of the molecule is CCNC(Cc1ccc(C)cc1)c1cccc(Br)c1Cl. The van der Waals surface area contributed by atoms with Gasteiger partial charge in [0.25, 0.3) is 0 Å². The van der Waals surface area contributed by atoms with Gasteiger partial charge in [0, 0.05) is 10.5 Å². The molecule has 0 radical (unpaired) electrons. The van der Waals surface area contributed by atoms with E-state index in [1.807, 2.05) is 12.1 Å². The van der Waals surface area contributed by atoms with E-state index in [2.05, 4.69) is 65.4 Å². The van der Waals surface area contributed by atoms with E-state index < -0.39 is 0 Å². The second-order valence-corrected chi connectivity index (χ2v) is 6.18. The highest BCUT2D eigenvalue weighted by Crippen LogP contribution is 2.31. The predicted molar refractivity (Wildman–Crippen MR) is 90.5 cm³/mol. The summed E-state index contributed by atoms with van der Waals surface area (Å²) in [5.74, 6) is 0. The molecule has 2 rings (SSSR count). The second-order valence-electron chi connectivity index (χ2n) is 4.94. The third-order valence-electron chi connectivity index (χ3n) is 3.37. The van der Waals surface area contributed by atoms with Gasteiger partial charge in [-0.3, -0.25) is 0 Å². The Kier molecular flexibility index (Phi) is 5.64. The van der Waals surface area contributed by atoms with E-state index in [4.69, 9.17) is 11.6 Å². The van der Waals surface area contributed by atoms with Crippen molar-refractivity contribution in [1.29, 1.82) is 0 Å². The van der Waals surface area contributed by atoms with E-state index in [1.165, 1.54) is 11.1 Å². The van der Waals surface area contributed by atoms with Gasteiger partial charge in [0.1, 0.15) is 0 Å². The molecule has 0 aliphatic carbocycles. The van der Waals surface area contributed by atoms with Gasteiger partial charge >= 0.3 is 0 Å². The molecule has 0 heterocycles. The first kappa shape index (κ1) is 15.6. The first-order valence-electron chi connectivity index (χ1n) is 6.84. The number of benzene rings is 2. The lowest BCUT2D eigenvalue weighted by Gasteiger charge is -2.20. The van der Waals surface area contributed by atoms with Crippen LogP contribution in [0.2, 0.25) is 5.02 Å². The highest BCUT2D eigenvalue weighted by molar-refractivity contribution is 9.10. The van der Waals surface area contributed by atoms with E-state index in [1.54, 1.807) is 0 Å². The minimum atomic E-state index is 0.229. The number of likely N-dealkylation sites (N-methyl/N-ethyl adjacent to an activating group) is 1. The van der Waals surface area contributed by atoms with Gasteiger partial charge in [-0.1, -0.05) is 60.5 Å². The Morgan fingerprint density at radius 1 is 1.15 bits per heavy atom. The standard InChI is InChI=1S/C17H19BrClN/c1-3-20-16(11-13-9-7-12(2)8-10-13)14-5-4-6-15(18)17(14)19/h4-10,16,20H,3,11H2,1-2H3. The zero-order valence-electron chi connectivity index (χ0n) is 11.8. The maximum Gasteiger partial charge on any atom is 0.0595 e. The molecule has 2 aromatic rings. The summed E-state index contributed by atoms with van der Waals surface area (Å²) < 4.78 is 0.948. The van der Waals surface area contributed by atoms with Crippen LogP contribution in [-0.4, -0.2) is 6.54 Å². The number of hydrogen-bond donors (Lipinski definition) is 1. The van der Waals surface area contributed by atoms with Gasteiger partial charge in [0.15, 0.2) is 0 Å². The van der Waals surface area contributed by atoms with Crippen molar-refractivity contribution in [2.24, 2.45) is 0 Å². The van der Waals surface area contributed by atoms with E-state index in [-0.39, 0.29) is 6.04 Å². The van der Waals surface area contributed by atoms with Crippen LogP contribution in [-0.2, 0) is 6.42 Å². The van der Waals surface area contributed by atoms with Crippen LogP contribution in [0.3, 0.4) is 0 Å². The quantitative estimate of drug-likeness (QED) is 0.769. The molecule has 1 unspecified atom stereocenters. The van der Waals surface area contributed by atoms with Gasteiger partial charge in [0.2, 0.25) is 0 Å². The smallest absolute Gasteiger partial charge is 0.0595 e. The van der Waals surface area contributed by atoms with Crippen molar-refractivity contribution in [2.75, 3.05) is 6.54 Å². The van der Waals surface area contributed by atoms with Crippen molar-refractivity contribution in [1.82, 2.24) is 5.32 Å². The maximum atomic E-state index is 6.43. The number of halogens is 2. The molecule has 0 fully saturated rings. The predicted octanol–water partition coefficient (Wildman–Crippen LogP) is 5.30. The summed E-state index contributed by atoms with van der Waals surface area (Å²) in [5.41, 5.74) is 3.75. The Bertz CT molecular complexity index is 566. The Labute approximate surface area is 134 Å². The molecule has 0 amide bonds. The van der Waals surface area contributed by atoms with Crippen LogP contribution in [0.1, 0.15) is 29.7 Å². The molecule has 106 valence electrons. The minimum absolute atomic E-state index is 0.229. The fraction of sp³-hybridized carbons (Fsp3) is 0.294. The van der Waals surface area contributed by atoms with Crippen LogP contribution in [0.15, 0.2) is 46.9 Å². The average molecular weight is 353 g/mol. The Morgan fingerprint density at radius 3 is 2.50 bits per heavy atom. The van der Waals surface area contributed by atoms with Crippen LogP contribution in [0.25, 0.3) is 0 Å². The molecule has 2 aromatic carbocycles. The molecule has 0 aliphatic heterocycles. The zero-order chi connectivity index (χ0) is 14.5. The fourth-order valence-electron chi connectivity index (χ4n) is 2.29. The highest BCUT2D eigenvalue weighted by atomic mass is 79.9. The third kappa shape index (κ3) is 3.85. The van der Waals surface area contributed by atoms with Crippen molar-refractivity contribution >= 4 is 27.5 Å². The number of rotatable bonds is 5. The summed E-state index contributed by atoms with van der Waals surface area (Å²) in [7, 11) is 0. The van der Waals surface area contributed by atoms with E-state index in [9.17, 15) is 0 Å². The van der Waals surface area contributed by atoms with Crippen LogP contribution in [0, 0.1) is 6.92 Å². The van der Waals surface area contributed by atoms with Crippen molar-refractivity contribution in [3.63, 3.8) is 0 Å². The molecule has 0 aromatic heterocycles. The minimum Gasteiger partial charge on any atom is -0.310 e. The van der Waals surface area contributed by atoms with Crippen molar-refractivity contribution < 1.29 is 0 Å². The Hall–Kier alpha value is -0.830. The molecule has 0 bridgehead atoms. The molecule has 3 heteroatoms. The summed E-state index contributed by atoms with van der Waals surface area (Å²) in [6, 6.07) is 15.0. The number of nitrogens with one attached hydrogen (secondary N) is 1. The summed E-state index contributed by atoms with van der Waals surface area (Å²) >= 11 is 9.93. The van der Waals surface area contributed by atoms with Crippen LogP contribution in [0.5, 0.6) is 0 Å². The van der Waals surface area contributed by atoms with Gasteiger partial charge in [-0.2, -0.15) is 0 Å². The lowest BCUT2D eigenvalue weighted by molar-refractivity contribution is 0.550. The largest absolute Gasteiger partial charge is 0.310 e. The molecule has 0 spiro atoms. The number of hydrogen-bond acceptors (Lipinski definition) is 1. The van der Waals surface area contributed by atoms with Crippen molar-refractivity contribution in [3.8, 4) is 0 Å². The van der Waals surface area contributed by atoms with E-state index in [0.29, 0.717) is 0 Å². The van der Waals surface area contributed by atoms with Gasteiger partial charge in [0.05, 0.1) is 5.02 Å². The summed E-state index contributed by atoms with van der Waals surface area (Å²) in [4.78, 5) is 0. The van der Waals surface area contributed by atoms with Crippen molar-refractivity contribution in [2.45, 2.75) is 26.3 Å². The third-order valence-corrected chi connectivity index (χ3v) is 4.68. The molecule has 0 aliphatic rings. The maximum absolute atomic E-state index is 6.43. The van der Waals surface area contributed by atoms with Crippen LogP contribution in [0.4, 0.5) is 0 Å². The van der Waals surface area contributed by atoms with Crippen molar-refractivity contribution in [3.05, 3.63) is 68.7 Å². The van der Waals surface area contributed by atoms with Gasteiger partial charge in [-0.15, -0.1) is 0 Å². The average Bonchev–Trinajstić information content (AvgIpc) is 2.44. The normalized spacial score (nSPS) is 12.4. The first-order chi connectivity index (χ1) is 9.61. The molecule has 1 N–H and O–H groups in total. The molecule has 0 saturated heterocycles. The topological polar surface area (TPSA) is 12.0 Å². The highest BCUT2D eigenvalue weighted by Gasteiger charge is 2.15. The molecule has 0 saturated carbocycles. The lowest BCUT2D eigenvalue weighted by Crippen LogP contribution is -2.23. The molecule has 20 heavy (non-hydrogen) atoms. The van der Waals surface area contributed by atoms with Gasteiger partial charge in [-0.05, 0) is 53.0 Å². The van der Waals surface area contributed by atoms with Gasteiger partial charge < -0.3 is 5.32 Å². The van der Waals surface area contributed by atoms with E-state index >= 15 is 0 Å². The second kappa shape index (κ2) is 7.26. The molecular weight excluding hydrogens is 334 g/mol. The summed E-state index contributed by atoms with van der Waals surface area (Å²) in [5, 5.41) is 4.32. The van der Waals surface area contributed by atoms with E-state index in [0.717, 1.165) is 28.0 Å². The molecular formula is C17H19BrClN. The lowest BCUT2D eigenvalue weighted by atomic mass is 9.98. The zero-order valence-corrected chi connectivity index (χ0v) is 14.1. The van der Waals surface area contributed by atoms with Crippen LogP contribution >= 0.6 is 27.5 Å². The monoisotopic (exact) mass is 351 g/mol. The number of aryl methyl sites for hydroxylation is 1. The summed E-state index contributed by atoms with van der Waals surface area (Å²) in [6.45, 7) is 5.14. The first-order valence-corrected chi connectivity index (χ1v) is 8.01. The Balaban J connectivity index is 2.26. The summed E-state index contributed by atoms with van der Waals surface area (Å²) in [6.07, 6.45) is 0.935. The molecule has 1 atom stereocenters. The van der Waals surface area contributed by atoms with Crippen LogP contribution < -0.4 is 5.32 Å². The molecule has 1 nitrogen and oxygen atoms in total. The Morgan fingerprint density at radius 2 is 1.85 bits per heavy atom.